The molecule has 1 amide bonds. The van der Waals surface area contributed by atoms with Crippen molar-refractivity contribution in [2.24, 2.45) is 5.92 Å². The van der Waals surface area contributed by atoms with E-state index in [9.17, 15) is 18.0 Å². The molecule has 0 aromatic heterocycles. The van der Waals surface area contributed by atoms with E-state index in [-0.39, 0.29) is 17.4 Å². The lowest BCUT2D eigenvalue weighted by Crippen LogP contribution is -2.37. The molecule has 1 heterocycles. The van der Waals surface area contributed by atoms with Crippen molar-refractivity contribution in [2.45, 2.75) is 19.0 Å². The van der Waals surface area contributed by atoms with Gasteiger partial charge in [0.1, 0.15) is 5.75 Å². The van der Waals surface area contributed by atoms with Crippen molar-refractivity contribution in [3.05, 3.63) is 23.8 Å². The van der Waals surface area contributed by atoms with Crippen LogP contribution < -0.4 is 15.4 Å². The molecule has 0 unspecified atom stereocenters. The number of nitrogens with one attached hydrogen (secondary N) is 2. The lowest BCUT2D eigenvalue weighted by molar-refractivity contribution is -0.137. The summed E-state index contributed by atoms with van der Waals surface area (Å²) in [7, 11) is 1.29. The van der Waals surface area contributed by atoms with Gasteiger partial charge in [0, 0.05) is 6.54 Å². The molecule has 0 saturated carbocycles. The minimum Gasteiger partial charge on any atom is -0.497 e. The molecule has 0 radical (unpaired) electrons. The Kier molecular flexibility index (Phi) is 4.72. The number of carbonyl (C=O) groups is 1. The highest BCUT2D eigenvalue weighted by Gasteiger charge is 2.35. The first-order valence-electron chi connectivity index (χ1n) is 6.68. The average Bonchev–Trinajstić information content (AvgIpc) is 2.47. The summed E-state index contributed by atoms with van der Waals surface area (Å²) in [4.78, 5) is 12.1. The zero-order chi connectivity index (χ0) is 15.5. The number of hydrogen-bond donors (Lipinski definition) is 2. The molecule has 1 fully saturated rings. The third-order valence-corrected chi connectivity index (χ3v) is 3.46. The highest BCUT2D eigenvalue weighted by molar-refractivity contribution is 5.93. The second kappa shape index (κ2) is 6.34. The Bertz CT molecular complexity index is 511. The molecule has 0 aliphatic carbocycles. The van der Waals surface area contributed by atoms with Gasteiger partial charge >= 0.3 is 6.18 Å². The summed E-state index contributed by atoms with van der Waals surface area (Å²) in [6.45, 7) is 1.32. The molecule has 1 aliphatic rings. The van der Waals surface area contributed by atoms with Gasteiger partial charge in [0.15, 0.2) is 0 Å². The second-order valence-electron chi connectivity index (χ2n) is 4.94. The van der Waals surface area contributed by atoms with Crippen molar-refractivity contribution >= 4 is 11.6 Å². The number of ether oxygens (including phenoxy) is 1. The number of carbonyl (C=O) groups excluding carboxylic acids is 1. The summed E-state index contributed by atoms with van der Waals surface area (Å²) in [5.41, 5.74) is -1.14. The molecule has 7 heteroatoms. The Morgan fingerprint density at radius 2 is 2.19 bits per heavy atom. The van der Waals surface area contributed by atoms with Crippen LogP contribution in [0.25, 0.3) is 0 Å². The molecule has 0 bridgehead atoms. The Labute approximate surface area is 120 Å². The van der Waals surface area contributed by atoms with E-state index >= 15 is 0 Å². The van der Waals surface area contributed by atoms with Crippen LogP contribution in [0.5, 0.6) is 5.75 Å². The lowest BCUT2D eigenvalue weighted by atomic mass is 9.98. The largest absolute Gasteiger partial charge is 0.497 e. The topological polar surface area (TPSA) is 50.4 Å². The lowest BCUT2D eigenvalue weighted by Gasteiger charge is -2.23. The van der Waals surface area contributed by atoms with Crippen LogP contribution in [0.2, 0.25) is 0 Å². The number of halogens is 3. The number of rotatable bonds is 3. The SMILES string of the molecule is COc1ccc(NC(=O)[C@H]2CCCNC2)c(C(F)(F)F)c1. The maximum Gasteiger partial charge on any atom is 0.418 e. The zero-order valence-electron chi connectivity index (χ0n) is 11.6. The fourth-order valence-corrected chi connectivity index (χ4v) is 2.30. The van der Waals surface area contributed by atoms with Crippen LogP contribution in [-0.4, -0.2) is 26.1 Å². The molecule has 1 aliphatic heterocycles. The van der Waals surface area contributed by atoms with Gasteiger partial charge in [-0.25, -0.2) is 0 Å². The van der Waals surface area contributed by atoms with E-state index in [2.05, 4.69) is 10.6 Å². The van der Waals surface area contributed by atoms with Gasteiger partial charge < -0.3 is 15.4 Å². The molecular weight excluding hydrogens is 285 g/mol. The molecule has 2 rings (SSSR count). The van der Waals surface area contributed by atoms with Crippen LogP contribution in [-0.2, 0) is 11.0 Å². The highest BCUT2D eigenvalue weighted by Crippen LogP contribution is 2.37. The smallest absolute Gasteiger partial charge is 0.418 e. The van der Waals surface area contributed by atoms with Crippen LogP contribution >= 0.6 is 0 Å². The number of anilines is 1. The van der Waals surface area contributed by atoms with E-state index in [1.165, 1.54) is 19.2 Å². The molecule has 0 spiro atoms. The van der Waals surface area contributed by atoms with E-state index in [1.807, 2.05) is 0 Å². The second-order valence-corrected chi connectivity index (χ2v) is 4.94. The van der Waals surface area contributed by atoms with Crippen molar-refractivity contribution in [3.8, 4) is 5.75 Å². The predicted octanol–water partition coefficient (Wildman–Crippen LogP) is 2.65. The summed E-state index contributed by atoms with van der Waals surface area (Å²) in [6, 6.07) is 3.49. The van der Waals surface area contributed by atoms with E-state index in [0.29, 0.717) is 13.0 Å². The van der Waals surface area contributed by atoms with Crippen LogP contribution in [0.1, 0.15) is 18.4 Å². The van der Waals surface area contributed by atoms with Crippen LogP contribution in [0.15, 0.2) is 18.2 Å². The molecular formula is C14H17F3N2O2. The standard InChI is InChI=1S/C14H17F3N2O2/c1-21-10-4-5-12(11(7-10)14(15,16)17)19-13(20)9-3-2-6-18-8-9/h4-5,7,9,18H,2-3,6,8H2,1H3,(H,19,20)/t9-/m0/s1. The first kappa shape index (κ1) is 15.6. The van der Waals surface area contributed by atoms with Gasteiger partial charge in [0.25, 0.3) is 0 Å². The van der Waals surface area contributed by atoms with Crippen molar-refractivity contribution in [3.63, 3.8) is 0 Å². The van der Waals surface area contributed by atoms with Gasteiger partial charge in [0.2, 0.25) is 5.91 Å². The number of hydrogen-bond acceptors (Lipinski definition) is 3. The van der Waals surface area contributed by atoms with E-state index in [4.69, 9.17) is 4.74 Å². The quantitative estimate of drug-likeness (QED) is 0.902. The number of piperidine rings is 1. The summed E-state index contributed by atoms with van der Waals surface area (Å²) in [6.07, 6.45) is -3.04. The van der Waals surface area contributed by atoms with E-state index < -0.39 is 17.6 Å². The number of benzene rings is 1. The molecule has 1 atom stereocenters. The monoisotopic (exact) mass is 302 g/mol. The maximum absolute atomic E-state index is 13.0. The molecule has 1 aromatic rings. The van der Waals surface area contributed by atoms with Gasteiger partial charge in [-0.15, -0.1) is 0 Å². The summed E-state index contributed by atoms with van der Waals surface area (Å²) in [5.74, 6) is -0.598. The average molecular weight is 302 g/mol. The zero-order valence-corrected chi connectivity index (χ0v) is 11.6. The predicted molar refractivity (Wildman–Crippen MR) is 72.2 cm³/mol. The van der Waals surface area contributed by atoms with Crippen molar-refractivity contribution in [1.29, 1.82) is 0 Å². The van der Waals surface area contributed by atoms with Crippen molar-refractivity contribution < 1.29 is 22.7 Å². The van der Waals surface area contributed by atoms with Gasteiger partial charge in [-0.3, -0.25) is 4.79 Å². The first-order valence-corrected chi connectivity index (χ1v) is 6.68. The van der Waals surface area contributed by atoms with E-state index in [1.54, 1.807) is 0 Å². The summed E-state index contributed by atoms with van der Waals surface area (Å²) >= 11 is 0. The van der Waals surface area contributed by atoms with Gasteiger partial charge in [-0.05, 0) is 37.6 Å². The van der Waals surface area contributed by atoms with Crippen LogP contribution in [0.3, 0.4) is 0 Å². The summed E-state index contributed by atoms with van der Waals surface area (Å²) < 4.78 is 43.9. The Morgan fingerprint density at radius 1 is 1.43 bits per heavy atom. The van der Waals surface area contributed by atoms with Crippen LogP contribution in [0, 0.1) is 5.92 Å². The molecule has 1 saturated heterocycles. The summed E-state index contributed by atoms with van der Waals surface area (Å²) in [5, 5.41) is 5.45. The third kappa shape index (κ3) is 3.87. The minimum atomic E-state index is -4.55. The first-order chi connectivity index (χ1) is 9.91. The number of methoxy groups -OCH3 is 1. The van der Waals surface area contributed by atoms with Gasteiger partial charge in [-0.2, -0.15) is 13.2 Å². The molecule has 116 valence electrons. The fourth-order valence-electron chi connectivity index (χ4n) is 2.30. The number of amides is 1. The normalized spacial score (nSPS) is 19.1. The van der Waals surface area contributed by atoms with Crippen LogP contribution in [0.4, 0.5) is 18.9 Å². The van der Waals surface area contributed by atoms with Gasteiger partial charge in [0.05, 0.1) is 24.3 Å². The molecule has 21 heavy (non-hydrogen) atoms. The minimum absolute atomic E-state index is 0.0969. The van der Waals surface area contributed by atoms with Gasteiger partial charge in [-0.1, -0.05) is 0 Å². The highest BCUT2D eigenvalue weighted by atomic mass is 19.4. The van der Waals surface area contributed by atoms with E-state index in [0.717, 1.165) is 19.0 Å². The molecule has 2 N–H and O–H groups in total. The molecule has 4 nitrogen and oxygen atoms in total. The molecule has 1 aromatic carbocycles. The van der Waals surface area contributed by atoms with Crippen molar-refractivity contribution in [1.82, 2.24) is 5.32 Å². The van der Waals surface area contributed by atoms with Crippen molar-refractivity contribution in [2.75, 3.05) is 25.5 Å². The maximum atomic E-state index is 13.0. The fraction of sp³-hybridized carbons (Fsp3) is 0.500. The Morgan fingerprint density at radius 3 is 2.76 bits per heavy atom. The third-order valence-electron chi connectivity index (χ3n) is 3.46. The number of alkyl halides is 3. The Balaban J connectivity index is 2.20. The Hall–Kier alpha value is -1.76.